The summed E-state index contributed by atoms with van der Waals surface area (Å²) in [7, 11) is 0. The highest BCUT2D eigenvalue weighted by atomic mass is 79.9. The van der Waals surface area contributed by atoms with E-state index in [0.717, 1.165) is 25.8 Å². The molecule has 0 bridgehead atoms. The zero-order valence-corrected chi connectivity index (χ0v) is 13.4. The molecule has 0 radical (unpaired) electrons. The molecule has 2 nitrogen and oxygen atoms in total. The summed E-state index contributed by atoms with van der Waals surface area (Å²) < 4.78 is 3.78. The van der Waals surface area contributed by atoms with Crippen molar-refractivity contribution in [1.29, 1.82) is 0 Å². The average Bonchev–Trinajstić information content (AvgIpc) is 2.33. The monoisotopic (exact) mass is 369 g/mol. The first-order chi connectivity index (χ1) is 8.54. The van der Waals surface area contributed by atoms with Gasteiger partial charge in [0.25, 0.3) is 5.56 Å². The molecule has 94 valence electrons. The number of benzene rings is 1. The number of aromatic nitrogens is 1. The molecule has 0 saturated heterocycles. The van der Waals surface area contributed by atoms with Gasteiger partial charge in [0.15, 0.2) is 0 Å². The molecule has 0 unspecified atom stereocenters. The molecule has 0 fully saturated rings. The number of rotatable bonds is 2. The molecule has 0 N–H and O–H groups in total. The van der Waals surface area contributed by atoms with E-state index in [0.29, 0.717) is 6.54 Å². The summed E-state index contributed by atoms with van der Waals surface area (Å²) >= 11 is 6.98. The molecule has 0 saturated carbocycles. The molecule has 2 rings (SSSR count). The Labute approximate surface area is 123 Å². The summed E-state index contributed by atoms with van der Waals surface area (Å²) in [4.78, 5) is 12.1. The lowest BCUT2D eigenvalue weighted by atomic mass is 10.1. The molecule has 0 aliphatic heterocycles. The molecule has 2 aromatic rings. The van der Waals surface area contributed by atoms with Gasteiger partial charge in [-0.25, -0.2) is 0 Å². The minimum absolute atomic E-state index is 0.0739. The summed E-state index contributed by atoms with van der Waals surface area (Å²) in [6.07, 6.45) is 0. The van der Waals surface area contributed by atoms with Crippen LogP contribution in [0.2, 0.25) is 0 Å². The first-order valence-electron chi connectivity index (χ1n) is 5.70. The molecular formula is C14H13Br2NO. The van der Waals surface area contributed by atoms with Crippen LogP contribution in [0, 0.1) is 6.92 Å². The van der Waals surface area contributed by atoms with Gasteiger partial charge in [0, 0.05) is 26.6 Å². The molecule has 0 spiro atoms. The van der Waals surface area contributed by atoms with Gasteiger partial charge in [-0.1, -0.05) is 44.0 Å². The molecule has 0 aliphatic carbocycles. The van der Waals surface area contributed by atoms with E-state index in [2.05, 4.69) is 31.9 Å². The summed E-state index contributed by atoms with van der Waals surface area (Å²) in [5, 5.41) is 0. The van der Waals surface area contributed by atoms with Crippen LogP contribution in [-0.2, 0) is 6.54 Å². The quantitative estimate of drug-likeness (QED) is 0.769. The fraction of sp³-hybridized carbons (Fsp3) is 0.214. The minimum atomic E-state index is 0.0739. The molecule has 0 aliphatic rings. The van der Waals surface area contributed by atoms with Gasteiger partial charge in [0.2, 0.25) is 0 Å². The number of aryl methyl sites for hydroxylation is 1. The molecule has 1 aromatic carbocycles. The van der Waals surface area contributed by atoms with Gasteiger partial charge in [-0.15, -0.1) is 0 Å². The lowest BCUT2D eigenvalue weighted by molar-refractivity contribution is 0.729. The van der Waals surface area contributed by atoms with Crippen LogP contribution in [0.25, 0.3) is 11.3 Å². The standard InChI is InChI=1S/C14H13Br2NO/c1-3-17-13(7-4-9(2)14(17)18)11-6-5-10(15)8-12(11)16/h4-8H,3H2,1-2H3. The van der Waals surface area contributed by atoms with E-state index in [-0.39, 0.29) is 5.56 Å². The third kappa shape index (κ3) is 2.45. The zero-order chi connectivity index (χ0) is 13.3. The Balaban J connectivity index is 2.71. The second kappa shape index (κ2) is 5.41. The van der Waals surface area contributed by atoms with Crippen LogP contribution < -0.4 is 5.56 Å². The van der Waals surface area contributed by atoms with Gasteiger partial charge < -0.3 is 4.57 Å². The van der Waals surface area contributed by atoms with Crippen molar-refractivity contribution < 1.29 is 0 Å². The molecule has 4 heteroatoms. The first kappa shape index (κ1) is 13.6. The number of hydrogen-bond acceptors (Lipinski definition) is 1. The first-order valence-corrected chi connectivity index (χ1v) is 7.29. The maximum absolute atomic E-state index is 12.1. The molecule has 18 heavy (non-hydrogen) atoms. The van der Waals surface area contributed by atoms with Crippen molar-refractivity contribution in [2.45, 2.75) is 20.4 Å². The van der Waals surface area contributed by atoms with Gasteiger partial charge in [-0.05, 0) is 32.0 Å². The lowest BCUT2D eigenvalue weighted by Crippen LogP contribution is -2.22. The Morgan fingerprint density at radius 2 is 1.89 bits per heavy atom. The van der Waals surface area contributed by atoms with E-state index >= 15 is 0 Å². The normalized spacial score (nSPS) is 10.7. The van der Waals surface area contributed by atoms with Crippen LogP contribution in [-0.4, -0.2) is 4.57 Å². The van der Waals surface area contributed by atoms with Crippen LogP contribution in [0.5, 0.6) is 0 Å². The highest BCUT2D eigenvalue weighted by Gasteiger charge is 2.10. The largest absolute Gasteiger partial charge is 0.308 e. The molecule has 1 heterocycles. The minimum Gasteiger partial charge on any atom is -0.308 e. The number of nitrogens with zero attached hydrogens (tertiary/aromatic N) is 1. The predicted octanol–water partition coefficient (Wildman–Crippen LogP) is 4.37. The number of halogens is 2. The number of hydrogen-bond donors (Lipinski definition) is 0. The van der Waals surface area contributed by atoms with E-state index in [4.69, 9.17) is 0 Å². The van der Waals surface area contributed by atoms with Crippen LogP contribution >= 0.6 is 31.9 Å². The summed E-state index contributed by atoms with van der Waals surface area (Å²) in [6.45, 7) is 4.49. The third-order valence-electron chi connectivity index (χ3n) is 2.89. The highest BCUT2D eigenvalue weighted by molar-refractivity contribution is 9.11. The second-order valence-electron chi connectivity index (χ2n) is 4.08. The van der Waals surface area contributed by atoms with Crippen molar-refractivity contribution in [3.63, 3.8) is 0 Å². The van der Waals surface area contributed by atoms with E-state index < -0.39 is 0 Å². The van der Waals surface area contributed by atoms with Crippen molar-refractivity contribution in [2.24, 2.45) is 0 Å². The fourth-order valence-corrected chi connectivity index (χ4v) is 3.18. The average molecular weight is 371 g/mol. The zero-order valence-electron chi connectivity index (χ0n) is 10.2. The van der Waals surface area contributed by atoms with Crippen LogP contribution in [0.15, 0.2) is 44.1 Å². The van der Waals surface area contributed by atoms with Crippen molar-refractivity contribution in [3.8, 4) is 11.3 Å². The smallest absolute Gasteiger partial charge is 0.253 e. The van der Waals surface area contributed by atoms with Crippen LogP contribution in [0.1, 0.15) is 12.5 Å². The van der Waals surface area contributed by atoms with Crippen LogP contribution in [0.3, 0.4) is 0 Å². The van der Waals surface area contributed by atoms with Gasteiger partial charge in [0.05, 0.1) is 5.69 Å². The maximum atomic E-state index is 12.1. The topological polar surface area (TPSA) is 22.0 Å². The predicted molar refractivity (Wildman–Crippen MR) is 81.9 cm³/mol. The lowest BCUT2D eigenvalue weighted by Gasteiger charge is -2.13. The van der Waals surface area contributed by atoms with Crippen molar-refractivity contribution in [1.82, 2.24) is 4.57 Å². The van der Waals surface area contributed by atoms with Crippen molar-refractivity contribution >= 4 is 31.9 Å². The summed E-state index contributed by atoms with van der Waals surface area (Å²) in [5.41, 5.74) is 2.81. The van der Waals surface area contributed by atoms with Crippen molar-refractivity contribution in [2.75, 3.05) is 0 Å². The van der Waals surface area contributed by atoms with E-state index in [9.17, 15) is 4.79 Å². The number of pyridine rings is 1. The van der Waals surface area contributed by atoms with Gasteiger partial charge in [-0.2, -0.15) is 0 Å². The molecule has 0 amide bonds. The Bertz CT molecular complexity index is 647. The molecule has 1 aromatic heterocycles. The van der Waals surface area contributed by atoms with Crippen LogP contribution in [0.4, 0.5) is 0 Å². The van der Waals surface area contributed by atoms with E-state index in [1.54, 1.807) is 4.57 Å². The van der Waals surface area contributed by atoms with E-state index in [1.165, 1.54) is 0 Å². The Hall–Kier alpha value is -0.870. The maximum Gasteiger partial charge on any atom is 0.253 e. The second-order valence-corrected chi connectivity index (χ2v) is 5.85. The van der Waals surface area contributed by atoms with Gasteiger partial charge in [-0.3, -0.25) is 4.79 Å². The third-order valence-corrected chi connectivity index (χ3v) is 4.04. The Kier molecular flexibility index (Phi) is 4.07. The highest BCUT2D eigenvalue weighted by Crippen LogP contribution is 2.30. The van der Waals surface area contributed by atoms with Gasteiger partial charge in [0.1, 0.15) is 0 Å². The fourth-order valence-electron chi connectivity index (χ4n) is 1.93. The Morgan fingerprint density at radius 1 is 1.17 bits per heavy atom. The molecular weight excluding hydrogens is 358 g/mol. The molecule has 0 atom stereocenters. The van der Waals surface area contributed by atoms with Crippen molar-refractivity contribution in [3.05, 3.63) is 55.2 Å². The van der Waals surface area contributed by atoms with Gasteiger partial charge >= 0.3 is 0 Å². The van der Waals surface area contributed by atoms with E-state index in [1.807, 2.05) is 44.2 Å². The summed E-state index contributed by atoms with van der Waals surface area (Å²) in [5.74, 6) is 0. The summed E-state index contributed by atoms with van der Waals surface area (Å²) in [6, 6.07) is 9.83. The Morgan fingerprint density at radius 3 is 2.50 bits per heavy atom. The SMILES string of the molecule is CCn1c(-c2ccc(Br)cc2Br)ccc(C)c1=O.